The Kier molecular flexibility index (Phi) is 6.83. The Morgan fingerprint density at radius 2 is 2.24 bits per heavy atom. The van der Waals surface area contributed by atoms with Gasteiger partial charge in [-0.25, -0.2) is 14.4 Å². The third-order valence-electron chi connectivity index (χ3n) is 3.31. The van der Waals surface area contributed by atoms with Gasteiger partial charge in [-0.15, -0.1) is 0 Å². The van der Waals surface area contributed by atoms with Crippen LogP contribution in [0.15, 0.2) is 30.7 Å². The van der Waals surface area contributed by atoms with Crippen molar-refractivity contribution in [2.75, 3.05) is 23.5 Å². The van der Waals surface area contributed by atoms with Crippen molar-refractivity contribution in [1.82, 2.24) is 14.8 Å². The quantitative estimate of drug-likeness (QED) is 0.761. The van der Waals surface area contributed by atoms with Crippen molar-refractivity contribution in [2.45, 2.75) is 13.8 Å². The zero-order valence-electron chi connectivity index (χ0n) is 14.2. The van der Waals surface area contributed by atoms with Crippen LogP contribution in [0, 0.1) is 5.92 Å². The van der Waals surface area contributed by atoms with Crippen molar-refractivity contribution in [3.05, 3.63) is 35.9 Å². The molecular formula is C16H19ClN4O3S. The monoisotopic (exact) mass is 382 g/mol. The van der Waals surface area contributed by atoms with E-state index in [4.69, 9.17) is 16.3 Å². The van der Waals surface area contributed by atoms with Gasteiger partial charge in [-0.3, -0.25) is 9.78 Å². The van der Waals surface area contributed by atoms with Crippen LogP contribution in [-0.4, -0.2) is 45.4 Å². The fourth-order valence-electron chi connectivity index (χ4n) is 2.15. The lowest BCUT2D eigenvalue weighted by molar-refractivity contribution is -0.120. The average Bonchev–Trinajstić information content (AvgIpc) is 2.98. The summed E-state index contributed by atoms with van der Waals surface area (Å²) in [5.74, 6) is -0.194. The van der Waals surface area contributed by atoms with Crippen LogP contribution in [0.4, 0.5) is 10.5 Å². The van der Waals surface area contributed by atoms with Crippen LogP contribution >= 0.6 is 23.4 Å². The number of anilines is 1. The van der Waals surface area contributed by atoms with E-state index < -0.39 is 6.09 Å². The highest BCUT2D eigenvalue weighted by Gasteiger charge is 2.32. The summed E-state index contributed by atoms with van der Waals surface area (Å²) < 4.78 is 6.49. The largest absolute Gasteiger partial charge is 0.449 e. The van der Waals surface area contributed by atoms with Crippen LogP contribution in [-0.2, 0) is 9.53 Å². The summed E-state index contributed by atoms with van der Waals surface area (Å²) in [4.78, 5) is 30.1. The summed E-state index contributed by atoms with van der Waals surface area (Å²) in [7, 11) is 0. The molecule has 0 N–H and O–H groups in total. The van der Waals surface area contributed by atoms with E-state index in [1.165, 1.54) is 22.6 Å². The van der Waals surface area contributed by atoms with Crippen molar-refractivity contribution in [1.29, 1.82) is 0 Å². The minimum absolute atomic E-state index is 0.0293. The number of rotatable bonds is 6. The van der Waals surface area contributed by atoms with E-state index in [1.807, 2.05) is 6.26 Å². The van der Waals surface area contributed by atoms with E-state index >= 15 is 0 Å². The first-order valence-electron chi connectivity index (χ1n) is 7.64. The molecule has 0 radical (unpaired) electrons. The van der Waals surface area contributed by atoms with E-state index in [-0.39, 0.29) is 29.3 Å². The van der Waals surface area contributed by atoms with Crippen molar-refractivity contribution in [3.8, 4) is 5.69 Å². The van der Waals surface area contributed by atoms with Crippen molar-refractivity contribution < 1.29 is 14.3 Å². The molecule has 2 heterocycles. The van der Waals surface area contributed by atoms with E-state index in [1.54, 1.807) is 38.4 Å². The number of hydrogen-bond donors (Lipinski definition) is 0. The molecule has 2 aromatic heterocycles. The molecule has 0 aliphatic rings. The smallest absolute Gasteiger partial charge is 0.421 e. The lowest BCUT2D eigenvalue weighted by atomic mass is 10.2. The normalized spacial score (nSPS) is 11.8. The zero-order chi connectivity index (χ0) is 18.4. The van der Waals surface area contributed by atoms with Gasteiger partial charge < -0.3 is 4.74 Å². The summed E-state index contributed by atoms with van der Waals surface area (Å²) in [5, 5.41) is 4.20. The maximum atomic E-state index is 12.8. The van der Waals surface area contributed by atoms with Gasteiger partial charge in [0.05, 0.1) is 24.7 Å². The topological polar surface area (TPSA) is 77.3 Å². The summed E-state index contributed by atoms with van der Waals surface area (Å²) in [6, 6.07) is 3.53. The number of aromatic nitrogens is 3. The molecule has 25 heavy (non-hydrogen) atoms. The molecular weight excluding hydrogens is 364 g/mol. The van der Waals surface area contributed by atoms with Gasteiger partial charge >= 0.3 is 6.09 Å². The van der Waals surface area contributed by atoms with Gasteiger partial charge in [-0.05, 0) is 25.3 Å². The molecule has 0 spiro atoms. The van der Waals surface area contributed by atoms with Crippen LogP contribution in [0.5, 0.6) is 0 Å². The Morgan fingerprint density at radius 3 is 2.84 bits per heavy atom. The second-order valence-electron chi connectivity index (χ2n) is 5.19. The minimum Gasteiger partial charge on any atom is -0.449 e. The van der Waals surface area contributed by atoms with Crippen LogP contribution in [0.25, 0.3) is 5.69 Å². The Labute approximate surface area is 155 Å². The first-order valence-corrected chi connectivity index (χ1v) is 9.42. The molecule has 0 aromatic carbocycles. The summed E-state index contributed by atoms with van der Waals surface area (Å²) in [6.07, 6.45) is 5.87. The Hall–Kier alpha value is -2.06. The summed E-state index contributed by atoms with van der Waals surface area (Å²) in [6.45, 7) is 3.57. The molecule has 1 unspecified atom stereocenters. The van der Waals surface area contributed by atoms with Crippen molar-refractivity contribution >= 4 is 41.1 Å². The second-order valence-corrected chi connectivity index (χ2v) is 6.46. The summed E-state index contributed by atoms with van der Waals surface area (Å²) in [5.41, 5.74) is 0.839. The predicted octanol–water partition coefficient (Wildman–Crippen LogP) is 3.41. The molecule has 2 aromatic rings. The van der Waals surface area contributed by atoms with E-state index in [0.29, 0.717) is 11.4 Å². The van der Waals surface area contributed by atoms with Crippen LogP contribution in [0.1, 0.15) is 13.8 Å². The molecule has 0 fully saturated rings. The van der Waals surface area contributed by atoms with E-state index in [2.05, 4.69) is 10.1 Å². The lowest BCUT2D eigenvalue weighted by Crippen LogP contribution is -2.41. The number of ether oxygens (including phenoxy) is 1. The SMILES string of the molecule is CCOC(=O)N(C(=O)C(C)CSC)c1cn(-c2cccnc2)nc1Cl. The number of carbonyl (C=O) groups excluding carboxylic acids is 2. The zero-order valence-corrected chi connectivity index (χ0v) is 15.8. The Bertz CT molecular complexity index is 738. The van der Waals surface area contributed by atoms with Gasteiger partial charge in [0.25, 0.3) is 0 Å². The molecule has 0 bridgehead atoms. The standard InChI is InChI=1S/C16H19ClN4O3S/c1-4-24-16(23)21(15(22)11(2)10-25-3)13-9-20(19-14(13)17)12-6-5-7-18-8-12/h5-9,11H,4,10H2,1-3H3. The molecule has 0 aliphatic carbocycles. The predicted molar refractivity (Wildman–Crippen MR) is 98.4 cm³/mol. The van der Waals surface area contributed by atoms with E-state index in [9.17, 15) is 9.59 Å². The van der Waals surface area contributed by atoms with Gasteiger partial charge in [0, 0.05) is 17.9 Å². The lowest BCUT2D eigenvalue weighted by Gasteiger charge is -2.22. The Morgan fingerprint density at radius 1 is 1.48 bits per heavy atom. The van der Waals surface area contributed by atoms with Gasteiger partial charge in [-0.1, -0.05) is 18.5 Å². The third kappa shape index (κ3) is 4.52. The molecule has 134 valence electrons. The van der Waals surface area contributed by atoms with Gasteiger partial charge in [0.15, 0.2) is 5.15 Å². The number of pyridine rings is 1. The molecule has 0 aliphatic heterocycles. The highest BCUT2D eigenvalue weighted by Crippen LogP contribution is 2.28. The van der Waals surface area contributed by atoms with Crippen LogP contribution in [0.3, 0.4) is 0 Å². The van der Waals surface area contributed by atoms with Crippen LogP contribution in [0.2, 0.25) is 5.15 Å². The molecule has 9 heteroatoms. The minimum atomic E-state index is -0.770. The van der Waals surface area contributed by atoms with Gasteiger partial charge in [0.2, 0.25) is 5.91 Å². The Balaban J connectivity index is 2.42. The first-order chi connectivity index (χ1) is 12.0. The van der Waals surface area contributed by atoms with Crippen LogP contribution < -0.4 is 4.90 Å². The molecule has 7 nitrogen and oxygen atoms in total. The number of amides is 2. The number of hydrogen-bond acceptors (Lipinski definition) is 6. The maximum Gasteiger partial charge on any atom is 0.421 e. The second kappa shape index (κ2) is 8.87. The fourth-order valence-corrected chi connectivity index (χ4v) is 3.01. The van der Waals surface area contributed by atoms with E-state index in [0.717, 1.165) is 4.90 Å². The molecule has 2 amide bonds. The number of carbonyl (C=O) groups is 2. The molecule has 2 rings (SSSR count). The highest BCUT2D eigenvalue weighted by molar-refractivity contribution is 7.98. The third-order valence-corrected chi connectivity index (χ3v) is 4.41. The summed E-state index contributed by atoms with van der Waals surface area (Å²) >= 11 is 7.72. The van der Waals surface area contributed by atoms with Crippen molar-refractivity contribution in [2.24, 2.45) is 5.92 Å². The van der Waals surface area contributed by atoms with Crippen molar-refractivity contribution in [3.63, 3.8) is 0 Å². The fraction of sp³-hybridized carbons (Fsp3) is 0.375. The number of halogens is 1. The maximum absolute atomic E-state index is 12.8. The molecule has 0 saturated heterocycles. The molecule has 1 atom stereocenters. The van der Waals surface area contributed by atoms with Gasteiger partial charge in [-0.2, -0.15) is 16.9 Å². The average molecular weight is 383 g/mol. The number of thioether (sulfide) groups is 1. The number of imide groups is 1. The number of nitrogens with zero attached hydrogens (tertiary/aromatic N) is 4. The highest BCUT2D eigenvalue weighted by atomic mass is 35.5. The first kappa shape index (κ1) is 19.3. The van der Waals surface area contributed by atoms with Gasteiger partial charge in [0.1, 0.15) is 5.69 Å². The molecule has 0 saturated carbocycles.